The van der Waals surface area contributed by atoms with Gasteiger partial charge < -0.3 is 9.64 Å². The molecule has 2 aromatic rings. The molecule has 1 amide bonds. The molecular formula is C17H16N2O2. The van der Waals surface area contributed by atoms with E-state index in [0.29, 0.717) is 6.42 Å². The van der Waals surface area contributed by atoms with E-state index in [2.05, 4.69) is 17.1 Å². The van der Waals surface area contributed by atoms with Crippen molar-refractivity contribution in [3.05, 3.63) is 41.7 Å². The number of anilines is 1. The summed E-state index contributed by atoms with van der Waals surface area (Å²) in [7, 11) is 1.68. The van der Waals surface area contributed by atoms with E-state index in [9.17, 15) is 4.79 Å². The molecule has 4 nitrogen and oxygen atoms in total. The monoisotopic (exact) mass is 280 g/mol. The fourth-order valence-electron chi connectivity index (χ4n) is 3.39. The number of hydrogen-bond acceptors (Lipinski definition) is 3. The quantitative estimate of drug-likeness (QED) is 0.849. The SMILES string of the molecule is COc1ccncc1-c1cc2c3c(c1)CCN3C(=O)CC2. The number of rotatable bonds is 2. The Bertz CT molecular complexity index is 740. The zero-order chi connectivity index (χ0) is 14.4. The molecule has 2 aliphatic rings. The van der Waals surface area contributed by atoms with E-state index in [4.69, 9.17) is 4.74 Å². The maximum absolute atomic E-state index is 12.0. The Kier molecular flexibility index (Phi) is 2.70. The van der Waals surface area contributed by atoms with Crippen LogP contribution in [0.25, 0.3) is 11.1 Å². The first-order chi connectivity index (χ1) is 10.3. The first-order valence-corrected chi connectivity index (χ1v) is 7.22. The van der Waals surface area contributed by atoms with Gasteiger partial charge in [0.05, 0.1) is 12.8 Å². The number of benzene rings is 1. The van der Waals surface area contributed by atoms with Gasteiger partial charge in [-0.25, -0.2) is 0 Å². The van der Waals surface area contributed by atoms with E-state index in [1.54, 1.807) is 13.3 Å². The second-order valence-electron chi connectivity index (χ2n) is 5.51. The van der Waals surface area contributed by atoms with Gasteiger partial charge in [0.2, 0.25) is 5.91 Å². The number of aryl methyl sites for hydroxylation is 1. The molecule has 0 spiro atoms. The van der Waals surface area contributed by atoms with E-state index in [-0.39, 0.29) is 5.91 Å². The largest absolute Gasteiger partial charge is 0.496 e. The summed E-state index contributed by atoms with van der Waals surface area (Å²) in [4.78, 5) is 18.1. The van der Waals surface area contributed by atoms with Gasteiger partial charge in [-0.05, 0) is 47.7 Å². The van der Waals surface area contributed by atoms with Crippen molar-refractivity contribution in [3.8, 4) is 16.9 Å². The van der Waals surface area contributed by atoms with Crippen molar-refractivity contribution in [1.29, 1.82) is 0 Å². The van der Waals surface area contributed by atoms with Crippen LogP contribution in [0.3, 0.4) is 0 Å². The predicted molar refractivity (Wildman–Crippen MR) is 80.6 cm³/mol. The Morgan fingerprint density at radius 3 is 2.81 bits per heavy atom. The Hall–Kier alpha value is -2.36. The Morgan fingerprint density at radius 1 is 1.19 bits per heavy atom. The van der Waals surface area contributed by atoms with Crippen molar-refractivity contribution in [2.45, 2.75) is 19.3 Å². The molecular weight excluding hydrogens is 264 g/mol. The fourth-order valence-corrected chi connectivity index (χ4v) is 3.39. The van der Waals surface area contributed by atoms with Gasteiger partial charge in [-0.3, -0.25) is 9.78 Å². The fraction of sp³-hybridized carbons (Fsp3) is 0.294. The molecule has 0 unspecified atom stereocenters. The topological polar surface area (TPSA) is 42.4 Å². The number of methoxy groups -OCH3 is 1. The van der Waals surface area contributed by atoms with Crippen LogP contribution < -0.4 is 9.64 Å². The Labute approximate surface area is 123 Å². The summed E-state index contributed by atoms with van der Waals surface area (Å²) < 4.78 is 5.44. The van der Waals surface area contributed by atoms with Crippen LogP contribution in [0.2, 0.25) is 0 Å². The Morgan fingerprint density at radius 2 is 2.00 bits per heavy atom. The summed E-state index contributed by atoms with van der Waals surface area (Å²) >= 11 is 0. The first kappa shape index (κ1) is 12.4. The second kappa shape index (κ2) is 4.58. The summed E-state index contributed by atoms with van der Waals surface area (Å²) in [5.74, 6) is 1.09. The second-order valence-corrected chi connectivity index (χ2v) is 5.51. The molecule has 0 saturated heterocycles. The van der Waals surface area contributed by atoms with E-state index < -0.39 is 0 Å². The molecule has 21 heavy (non-hydrogen) atoms. The van der Waals surface area contributed by atoms with Crippen LogP contribution >= 0.6 is 0 Å². The highest BCUT2D eigenvalue weighted by atomic mass is 16.5. The number of aromatic nitrogens is 1. The minimum Gasteiger partial charge on any atom is -0.496 e. The van der Waals surface area contributed by atoms with Gasteiger partial charge in [0.15, 0.2) is 0 Å². The van der Waals surface area contributed by atoms with Crippen LogP contribution in [0.1, 0.15) is 17.5 Å². The zero-order valence-electron chi connectivity index (χ0n) is 11.9. The van der Waals surface area contributed by atoms with E-state index in [1.165, 1.54) is 11.1 Å². The highest BCUT2D eigenvalue weighted by Crippen LogP contribution is 2.41. The van der Waals surface area contributed by atoms with Crippen LogP contribution in [0.15, 0.2) is 30.6 Å². The van der Waals surface area contributed by atoms with Crippen LogP contribution in [0, 0.1) is 0 Å². The molecule has 106 valence electrons. The summed E-state index contributed by atoms with van der Waals surface area (Å²) in [5, 5.41) is 0. The predicted octanol–water partition coefficient (Wildman–Crippen LogP) is 2.59. The lowest BCUT2D eigenvalue weighted by Gasteiger charge is -2.26. The third-order valence-corrected chi connectivity index (χ3v) is 4.36. The van der Waals surface area contributed by atoms with Crippen LogP contribution in [0.5, 0.6) is 5.75 Å². The van der Waals surface area contributed by atoms with Gasteiger partial charge in [-0.15, -0.1) is 0 Å². The molecule has 1 aromatic heterocycles. The lowest BCUT2D eigenvalue weighted by molar-refractivity contribution is -0.118. The number of amides is 1. The molecule has 0 N–H and O–H groups in total. The van der Waals surface area contributed by atoms with Crippen molar-refractivity contribution in [2.24, 2.45) is 0 Å². The molecule has 0 fully saturated rings. The average molecular weight is 280 g/mol. The van der Waals surface area contributed by atoms with Gasteiger partial charge in [-0.2, -0.15) is 0 Å². The maximum atomic E-state index is 12.0. The summed E-state index contributed by atoms with van der Waals surface area (Å²) in [6.45, 7) is 0.814. The smallest absolute Gasteiger partial charge is 0.227 e. The summed E-state index contributed by atoms with van der Waals surface area (Å²) in [6.07, 6.45) is 5.95. The average Bonchev–Trinajstić information content (AvgIpc) is 2.96. The third kappa shape index (κ3) is 1.82. The molecule has 3 heterocycles. The lowest BCUT2D eigenvalue weighted by atomic mass is 9.94. The normalized spacial score (nSPS) is 16.0. The van der Waals surface area contributed by atoms with Crippen LogP contribution in [0.4, 0.5) is 5.69 Å². The molecule has 1 aromatic carbocycles. The zero-order valence-corrected chi connectivity index (χ0v) is 11.9. The van der Waals surface area contributed by atoms with E-state index in [1.807, 2.05) is 17.2 Å². The maximum Gasteiger partial charge on any atom is 0.227 e. The minimum atomic E-state index is 0.257. The van der Waals surface area contributed by atoms with Crippen LogP contribution in [-0.2, 0) is 17.6 Å². The first-order valence-electron chi connectivity index (χ1n) is 7.22. The van der Waals surface area contributed by atoms with Gasteiger partial charge in [0.25, 0.3) is 0 Å². The number of ether oxygens (including phenoxy) is 1. The molecule has 0 aliphatic carbocycles. The summed E-state index contributed by atoms with van der Waals surface area (Å²) in [5.41, 5.74) is 5.82. The number of carbonyl (C=O) groups excluding carboxylic acids is 1. The molecule has 0 radical (unpaired) electrons. The van der Waals surface area contributed by atoms with Crippen molar-refractivity contribution in [3.63, 3.8) is 0 Å². The molecule has 0 bridgehead atoms. The molecule has 2 aliphatic heterocycles. The van der Waals surface area contributed by atoms with Crippen molar-refractivity contribution in [2.75, 3.05) is 18.6 Å². The number of carbonyl (C=O) groups is 1. The van der Waals surface area contributed by atoms with Crippen molar-refractivity contribution < 1.29 is 9.53 Å². The molecule has 0 atom stereocenters. The number of hydrogen-bond donors (Lipinski definition) is 0. The van der Waals surface area contributed by atoms with Crippen molar-refractivity contribution in [1.82, 2.24) is 4.98 Å². The van der Waals surface area contributed by atoms with Crippen molar-refractivity contribution >= 4 is 11.6 Å². The van der Waals surface area contributed by atoms with Gasteiger partial charge >= 0.3 is 0 Å². The Balaban J connectivity index is 1.88. The standard InChI is InChI=1S/C17H16N2O2/c1-21-15-4-6-18-10-14(15)13-8-11-2-3-16(20)19-7-5-12(9-13)17(11)19/h4,6,8-10H,2-3,5,7H2,1H3. The van der Waals surface area contributed by atoms with E-state index in [0.717, 1.165) is 42.0 Å². The number of nitrogens with zero attached hydrogens (tertiary/aromatic N) is 2. The lowest BCUT2D eigenvalue weighted by Crippen LogP contribution is -2.32. The molecule has 0 saturated carbocycles. The van der Waals surface area contributed by atoms with E-state index >= 15 is 0 Å². The highest BCUT2D eigenvalue weighted by Gasteiger charge is 2.31. The molecule has 4 rings (SSSR count). The number of pyridine rings is 1. The van der Waals surface area contributed by atoms with Gasteiger partial charge in [0, 0.05) is 30.9 Å². The highest BCUT2D eigenvalue weighted by molar-refractivity contribution is 5.99. The summed E-state index contributed by atoms with van der Waals surface area (Å²) in [6, 6.07) is 6.24. The van der Waals surface area contributed by atoms with Crippen LogP contribution in [-0.4, -0.2) is 24.5 Å². The molecule has 4 heteroatoms. The minimum absolute atomic E-state index is 0.257. The van der Waals surface area contributed by atoms with Gasteiger partial charge in [0.1, 0.15) is 5.75 Å². The third-order valence-electron chi connectivity index (χ3n) is 4.36. The van der Waals surface area contributed by atoms with Gasteiger partial charge in [-0.1, -0.05) is 0 Å².